The van der Waals surface area contributed by atoms with E-state index < -0.39 is 52.5 Å². The highest BCUT2D eigenvalue weighted by molar-refractivity contribution is 5.78. The van der Waals surface area contributed by atoms with E-state index in [1.807, 2.05) is 20.8 Å². The molecule has 1 fully saturated rings. The molecule has 0 N–H and O–H groups in total. The first kappa shape index (κ1) is 27.0. The summed E-state index contributed by atoms with van der Waals surface area (Å²) in [6.45, 7) is 13.9. The number of ether oxygens (including phenoxy) is 4. The Morgan fingerprint density at radius 1 is 0.943 bits per heavy atom. The molecule has 0 aromatic heterocycles. The molecule has 0 spiro atoms. The van der Waals surface area contributed by atoms with Gasteiger partial charge in [-0.05, 0) is 44.9 Å². The molecule has 0 heterocycles. The summed E-state index contributed by atoms with van der Waals surface area (Å²) in [5.41, 5.74) is -0.572. The molecule has 3 rings (SSSR count). The number of carbonyl (C=O) groups is 4. The van der Waals surface area contributed by atoms with Crippen LogP contribution >= 0.6 is 0 Å². The first-order valence-electron chi connectivity index (χ1n) is 12.2. The van der Waals surface area contributed by atoms with Gasteiger partial charge < -0.3 is 18.9 Å². The fraction of sp³-hybridized carbons (Fsp3) is 0.704. The smallest absolute Gasteiger partial charge is 0.311 e. The quantitative estimate of drug-likeness (QED) is 0.323. The second-order valence-corrected chi connectivity index (χ2v) is 10.8. The Kier molecular flexibility index (Phi) is 7.26. The molecule has 1 saturated carbocycles. The first-order chi connectivity index (χ1) is 16.2. The predicted molar refractivity (Wildman–Crippen MR) is 127 cm³/mol. The number of fused-ring (bicyclic) bond motifs is 2. The summed E-state index contributed by atoms with van der Waals surface area (Å²) in [4.78, 5) is 49.7. The second kappa shape index (κ2) is 9.43. The summed E-state index contributed by atoms with van der Waals surface area (Å²) >= 11 is 0. The van der Waals surface area contributed by atoms with Gasteiger partial charge in [-0.3, -0.25) is 19.2 Å². The lowest BCUT2D eigenvalue weighted by atomic mass is 9.45. The Bertz CT molecular complexity index is 966. The van der Waals surface area contributed by atoms with Gasteiger partial charge in [0.15, 0.2) is 0 Å². The van der Waals surface area contributed by atoms with E-state index in [0.29, 0.717) is 37.7 Å². The third-order valence-corrected chi connectivity index (χ3v) is 8.70. The van der Waals surface area contributed by atoms with E-state index in [2.05, 4.69) is 6.58 Å². The molecule has 0 unspecified atom stereocenters. The summed E-state index contributed by atoms with van der Waals surface area (Å²) < 4.78 is 22.8. The minimum absolute atomic E-state index is 0.309. The maximum absolute atomic E-state index is 13.1. The number of rotatable bonds is 5. The van der Waals surface area contributed by atoms with E-state index in [4.69, 9.17) is 18.9 Å². The van der Waals surface area contributed by atoms with Gasteiger partial charge >= 0.3 is 23.9 Å². The lowest BCUT2D eigenvalue weighted by Crippen LogP contribution is -2.62. The van der Waals surface area contributed by atoms with Crippen molar-refractivity contribution >= 4 is 23.9 Å². The fourth-order valence-electron chi connectivity index (χ4n) is 6.91. The van der Waals surface area contributed by atoms with Crippen molar-refractivity contribution in [3.05, 3.63) is 23.8 Å². The fourth-order valence-corrected chi connectivity index (χ4v) is 6.91. The molecule has 0 amide bonds. The SMILES string of the molecule is C=C[C@]1(C)CCC2=C([C@H]1OC(C)=O)[C@H](OC(C)=O)C[C@@H]1[C@]2(C)[C@@H](OC(C)=O)CC[C@@]1(C)C(=O)OC. The van der Waals surface area contributed by atoms with Crippen LogP contribution < -0.4 is 0 Å². The number of esters is 4. The van der Waals surface area contributed by atoms with Gasteiger partial charge in [-0.2, -0.15) is 0 Å². The van der Waals surface area contributed by atoms with Crippen LogP contribution in [0.4, 0.5) is 0 Å². The van der Waals surface area contributed by atoms with Gasteiger partial charge in [-0.25, -0.2) is 0 Å². The third kappa shape index (κ3) is 4.40. The minimum Gasteiger partial charge on any atom is -0.469 e. The van der Waals surface area contributed by atoms with Gasteiger partial charge in [-0.15, -0.1) is 6.58 Å². The zero-order chi connectivity index (χ0) is 26.3. The van der Waals surface area contributed by atoms with Crippen molar-refractivity contribution in [1.82, 2.24) is 0 Å². The van der Waals surface area contributed by atoms with Crippen LogP contribution in [0.3, 0.4) is 0 Å². The summed E-state index contributed by atoms with van der Waals surface area (Å²) in [5, 5.41) is 0. The molecule has 8 heteroatoms. The van der Waals surface area contributed by atoms with Gasteiger partial charge in [0.1, 0.15) is 18.3 Å². The lowest BCUT2D eigenvalue weighted by Gasteiger charge is -2.60. The minimum atomic E-state index is -0.882. The topological polar surface area (TPSA) is 105 Å². The summed E-state index contributed by atoms with van der Waals surface area (Å²) in [7, 11) is 1.37. The average molecular weight is 491 g/mol. The molecule has 3 aliphatic carbocycles. The number of hydrogen-bond acceptors (Lipinski definition) is 8. The zero-order valence-electron chi connectivity index (χ0n) is 21.9. The van der Waals surface area contributed by atoms with E-state index in [9.17, 15) is 19.2 Å². The molecule has 0 aliphatic heterocycles. The van der Waals surface area contributed by atoms with Gasteiger partial charge in [-0.1, -0.05) is 25.5 Å². The number of hydrogen-bond donors (Lipinski definition) is 0. The van der Waals surface area contributed by atoms with Crippen LogP contribution in [0.1, 0.15) is 73.6 Å². The molecular formula is C27H38O8. The van der Waals surface area contributed by atoms with E-state index in [0.717, 1.165) is 5.57 Å². The van der Waals surface area contributed by atoms with Crippen LogP contribution in [0.15, 0.2) is 23.8 Å². The molecule has 0 aromatic rings. The molecule has 3 aliphatic rings. The molecule has 8 nitrogen and oxygen atoms in total. The Hall–Kier alpha value is -2.64. The molecule has 7 atom stereocenters. The van der Waals surface area contributed by atoms with Crippen molar-refractivity contribution in [3.63, 3.8) is 0 Å². The van der Waals surface area contributed by atoms with Crippen LogP contribution in [0.25, 0.3) is 0 Å². The van der Waals surface area contributed by atoms with Crippen molar-refractivity contribution in [2.24, 2.45) is 22.2 Å². The van der Waals surface area contributed by atoms with Crippen LogP contribution in [0.5, 0.6) is 0 Å². The van der Waals surface area contributed by atoms with Gasteiger partial charge in [0.05, 0.1) is 12.5 Å². The van der Waals surface area contributed by atoms with Crippen molar-refractivity contribution in [2.75, 3.05) is 7.11 Å². The van der Waals surface area contributed by atoms with Crippen LogP contribution in [0.2, 0.25) is 0 Å². The Morgan fingerprint density at radius 3 is 2.06 bits per heavy atom. The second-order valence-electron chi connectivity index (χ2n) is 10.8. The normalized spacial score (nSPS) is 38.4. The summed E-state index contributed by atoms with van der Waals surface area (Å²) in [6, 6.07) is 0. The van der Waals surface area contributed by atoms with E-state index in [-0.39, 0.29) is 11.9 Å². The summed E-state index contributed by atoms with van der Waals surface area (Å²) in [5.74, 6) is -2.00. The summed E-state index contributed by atoms with van der Waals surface area (Å²) in [6.07, 6.45) is 2.36. The maximum Gasteiger partial charge on any atom is 0.311 e. The van der Waals surface area contributed by atoms with Crippen LogP contribution in [-0.4, -0.2) is 49.3 Å². The highest BCUT2D eigenvalue weighted by atomic mass is 16.6. The Balaban J connectivity index is 2.33. The first-order valence-corrected chi connectivity index (χ1v) is 12.2. The van der Waals surface area contributed by atoms with Gasteiger partial charge in [0.25, 0.3) is 0 Å². The van der Waals surface area contributed by atoms with E-state index in [1.165, 1.54) is 27.9 Å². The molecule has 0 saturated heterocycles. The Morgan fingerprint density at radius 2 is 1.54 bits per heavy atom. The molecule has 0 aromatic carbocycles. The zero-order valence-corrected chi connectivity index (χ0v) is 21.9. The largest absolute Gasteiger partial charge is 0.469 e. The van der Waals surface area contributed by atoms with E-state index >= 15 is 0 Å². The molecule has 0 bridgehead atoms. The van der Waals surface area contributed by atoms with Gasteiger partial charge in [0, 0.05) is 37.2 Å². The number of methoxy groups -OCH3 is 1. The maximum atomic E-state index is 13.1. The predicted octanol–water partition coefficient (Wildman–Crippen LogP) is 4.06. The van der Waals surface area contributed by atoms with E-state index in [1.54, 1.807) is 6.08 Å². The van der Waals surface area contributed by atoms with Crippen molar-refractivity contribution < 1.29 is 38.1 Å². The molecule has 194 valence electrons. The molecule has 35 heavy (non-hydrogen) atoms. The number of carbonyl (C=O) groups excluding carboxylic acids is 4. The van der Waals surface area contributed by atoms with Gasteiger partial charge in [0.2, 0.25) is 0 Å². The van der Waals surface area contributed by atoms with Crippen molar-refractivity contribution in [1.29, 1.82) is 0 Å². The lowest BCUT2D eigenvalue weighted by molar-refractivity contribution is -0.186. The average Bonchev–Trinajstić information content (AvgIpc) is 2.77. The van der Waals surface area contributed by atoms with Crippen molar-refractivity contribution in [3.8, 4) is 0 Å². The molecular weight excluding hydrogens is 452 g/mol. The van der Waals surface area contributed by atoms with Crippen LogP contribution in [0, 0.1) is 22.2 Å². The standard InChI is InChI=1S/C27H38O8/c1-9-25(5)12-10-18-22(23(25)35-17(4)30)19(33-15(2)28)14-20-26(6,24(31)32-8)13-11-21(27(18,20)7)34-16(3)29/h9,19-21,23H,1,10-14H2,2-8H3/t19-,20+,21+,23-,25-,26-,27-/m1/s1. The highest BCUT2D eigenvalue weighted by Crippen LogP contribution is 2.64. The Labute approximate surface area is 207 Å². The highest BCUT2D eigenvalue weighted by Gasteiger charge is 2.65. The van der Waals surface area contributed by atoms with Crippen molar-refractivity contribution in [2.45, 2.75) is 92.0 Å². The van der Waals surface area contributed by atoms with Crippen LogP contribution in [-0.2, 0) is 38.1 Å². The monoisotopic (exact) mass is 490 g/mol. The molecule has 0 radical (unpaired) electrons. The third-order valence-electron chi connectivity index (χ3n) is 8.70.